The molecule has 1 aromatic heterocycles. The maximum atomic E-state index is 11.7. The average Bonchev–Trinajstić information content (AvgIpc) is 2.98. The van der Waals surface area contributed by atoms with E-state index in [4.69, 9.17) is 4.74 Å². The van der Waals surface area contributed by atoms with E-state index < -0.39 is 0 Å². The van der Waals surface area contributed by atoms with E-state index in [0.717, 1.165) is 5.69 Å². The Hall–Kier alpha value is -1.89. The second kappa shape index (κ2) is 5.24. The van der Waals surface area contributed by atoms with Gasteiger partial charge in [0.25, 0.3) is 0 Å². The van der Waals surface area contributed by atoms with Crippen molar-refractivity contribution in [2.75, 3.05) is 0 Å². The molecule has 3 rings (SSSR count). The van der Waals surface area contributed by atoms with Crippen LogP contribution >= 0.6 is 11.8 Å². The number of rotatable bonds is 3. The van der Waals surface area contributed by atoms with Gasteiger partial charge in [-0.3, -0.25) is 4.79 Å². The van der Waals surface area contributed by atoms with Crippen molar-refractivity contribution in [1.82, 2.24) is 20.2 Å². The van der Waals surface area contributed by atoms with Gasteiger partial charge in [0, 0.05) is 6.42 Å². The number of aromatic nitrogens is 4. The molecule has 6 nitrogen and oxygen atoms in total. The molecule has 7 heteroatoms. The van der Waals surface area contributed by atoms with Crippen LogP contribution < -0.4 is 0 Å². The summed E-state index contributed by atoms with van der Waals surface area (Å²) in [5.41, 5.74) is 2.05. The molecule has 2 atom stereocenters. The molecule has 0 radical (unpaired) electrons. The van der Waals surface area contributed by atoms with E-state index >= 15 is 0 Å². The number of hydrogen-bond acceptors (Lipinski definition) is 6. The molecule has 1 aromatic carbocycles. The van der Waals surface area contributed by atoms with Crippen molar-refractivity contribution in [3.63, 3.8) is 0 Å². The van der Waals surface area contributed by atoms with E-state index in [2.05, 4.69) is 15.5 Å². The van der Waals surface area contributed by atoms with Crippen LogP contribution in [0.5, 0.6) is 0 Å². The van der Waals surface area contributed by atoms with Crippen LogP contribution in [0.3, 0.4) is 0 Å². The Morgan fingerprint density at radius 2 is 2.10 bits per heavy atom. The van der Waals surface area contributed by atoms with Gasteiger partial charge >= 0.3 is 5.97 Å². The number of nitrogens with zero attached hydrogens (tertiary/aromatic N) is 4. The molecule has 1 fully saturated rings. The Morgan fingerprint density at radius 1 is 1.35 bits per heavy atom. The van der Waals surface area contributed by atoms with Crippen molar-refractivity contribution in [2.24, 2.45) is 0 Å². The van der Waals surface area contributed by atoms with Crippen LogP contribution in [0.4, 0.5) is 0 Å². The largest absolute Gasteiger partial charge is 0.462 e. The SMILES string of the molecule is Cc1ccc(-n2nnnc2S[C@H]2C[C@H](C)OC2=O)cc1. The first-order chi connectivity index (χ1) is 9.63. The molecular formula is C13H14N4O2S. The summed E-state index contributed by atoms with van der Waals surface area (Å²) in [5.74, 6) is -0.194. The highest BCUT2D eigenvalue weighted by molar-refractivity contribution is 8.00. The number of thioether (sulfide) groups is 1. The standard InChI is InChI=1S/C13H14N4O2S/c1-8-3-5-10(6-4-8)17-13(14-15-16-17)20-11-7-9(2)19-12(11)18/h3-6,9,11H,7H2,1-2H3/t9-,11-/m0/s1. The first kappa shape index (κ1) is 13.1. The van der Waals surface area contributed by atoms with Gasteiger partial charge in [0.2, 0.25) is 5.16 Å². The van der Waals surface area contributed by atoms with E-state index in [1.54, 1.807) is 4.68 Å². The third-order valence-corrected chi connectivity index (χ3v) is 4.23. The van der Waals surface area contributed by atoms with Gasteiger partial charge in [0.05, 0.1) is 5.69 Å². The monoisotopic (exact) mass is 290 g/mol. The average molecular weight is 290 g/mol. The van der Waals surface area contributed by atoms with Crippen LogP contribution in [0.2, 0.25) is 0 Å². The van der Waals surface area contributed by atoms with Gasteiger partial charge in [0.15, 0.2) is 0 Å². The fourth-order valence-electron chi connectivity index (χ4n) is 2.04. The first-order valence-corrected chi connectivity index (χ1v) is 7.24. The predicted octanol–water partition coefficient (Wildman–Crippen LogP) is 1.77. The van der Waals surface area contributed by atoms with Crippen LogP contribution in [0, 0.1) is 6.92 Å². The Kier molecular flexibility index (Phi) is 3.43. The fourth-order valence-corrected chi connectivity index (χ4v) is 3.14. The summed E-state index contributed by atoms with van der Waals surface area (Å²) in [6.45, 7) is 3.91. The van der Waals surface area contributed by atoms with Gasteiger partial charge in [-0.15, -0.1) is 5.10 Å². The zero-order chi connectivity index (χ0) is 14.1. The molecular weight excluding hydrogens is 276 g/mol. The summed E-state index contributed by atoms with van der Waals surface area (Å²) in [6.07, 6.45) is 0.647. The summed E-state index contributed by atoms with van der Waals surface area (Å²) in [7, 11) is 0. The smallest absolute Gasteiger partial charge is 0.319 e. The number of esters is 1. The maximum Gasteiger partial charge on any atom is 0.319 e. The van der Waals surface area contributed by atoms with Crippen LogP contribution in [0.25, 0.3) is 5.69 Å². The lowest BCUT2D eigenvalue weighted by atomic mass is 10.2. The van der Waals surface area contributed by atoms with Crippen molar-refractivity contribution in [1.29, 1.82) is 0 Å². The number of carbonyl (C=O) groups is 1. The number of tetrazole rings is 1. The Labute approximate surface area is 120 Å². The highest BCUT2D eigenvalue weighted by Gasteiger charge is 2.34. The van der Waals surface area contributed by atoms with Crippen LogP contribution in [-0.2, 0) is 9.53 Å². The van der Waals surface area contributed by atoms with Crippen molar-refractivity contribution in [3.8, 4) is 5.69 Å². The van der Waals surface area contributed by atoms with Crippen molar-refractivity contribution >= 4 is 17.7 Å². The van der Waals surface area contributed by atoms with Crippen molar-refractivity contribution < 1.29 is 9.53 Å². The van der Waals surface area contributed by atoms with Gasteiger partial charge in [-0.05, 0) is 36.4 Å². The van der Waals surface area contributed by atoms with Crippen molar-refractivity contribution in [3.05, 3.63) is 29.8 Å². The molecule has 0 amide bonds. The second-order valence-electron chi connectivity index (χ2n) is 4.80. The normalized spacial score (nSPS) is 22.0. The minimum Gasteiger partial charge on any atom is -0.462 e. The summed E-state index contributed by atoms with van der Waals surface area (Å²) in [6, 6.07) is 7.89. The summed E-state index contributed by atoms with van der Waals surface area (Å²) >= 11 is 1.35. The van der Waals surface area contributed by atoms with Crippen molar-refractivity contribution in [2.45, 2.75) is 36.8 Å². The lowest BCUT2D eigenvalue weighted by Crippen LogP contribution is -2.11. The quantitative estimate of drug-likeness (QED) is 0.802. The first-order valence-electron chi connectivity index (χ1n) is 6.36. The zero-order valence-corrected chi connectivity index (χ0v) is 12.0. The van der Waals surface area contributed by atoms with E-state index in [9.17, 15) is 4.79 Å². The zero-order valence-electron chi connectivity index (χ0n) is 11.2. The molecule has 1 aliphatic rings. The number of aryl methyl sites for hydroxylation is 1. The molecule has 0 saturated carbocycles. The topological polar surface area (TPSA) is 69.9 Å². The third-order valence-electron chi connectivity index (χ3n) is 3.09. The molecule has 0 unspecified atom stereocenters. The lowest BCUT2D eigenvalue weighted by molar-refractivity contribution is -0.140. The van der Waals surface area contributed by atoms with Crippen LogP contribution in [-0.4, -0.2) is 37.5 Å². The minimum atomic E-state index is -0.236. The summed E-state index contributed by atoms with van der Waals surface area (Å²) in [5, 5.41) is 12.0. The maximum absolute atomic E-state index is 11.7. The molecule has 20 heavy (non-hydrogen) atoms. The molecule has 2 aromatic rings. The fraction of sp³-hybridized carbons (Fsp3) is 0.385. The molecule has 0 aliphatic carbocycles. The van der Waals surface area contributed by atoms with Gasteiger partial charge in [-0.2, -0.15) is 4.68 Å². The molecule has 1 aliphatic heterocycles. The molecule has 0 bridgehead atoms. The molecule has 104 valence electrons. The third kappa shape index (κ3) is 2.53. The highest BCUT2D eigenvalue weighted by atomic mass is 32.2. The van der Waals surface area contributed by atoms with Gasteiger partial charge in [-0.1, -0.05) is 29.5 Å². The number of carbonyl (C=O) groups excluding carboxylic acids is 1. The lowest BCUT2D eigenvalue weighted by Gasteiger charge is -2.06. The van der Waals surface area contributed by atoms with Crippen LogP contribution in [0.1, 0.15) is 18.9 Å². The molecule has 1 saturated heterocycles. The molecule has 0 spiro atoms. The highest BCUT2D eigenvalue weighted by Crippen LogP contribution is 2.31. The Balaban J connectivity index is 1.83. The van der Waals surface area contributed by atoms with E-state index in [1.807, 2.05) is 38.1 Å². The molecule has 2 heterocycles. The Bertz CT molecular complexity index is 626. The van der Waals surface area contributed by atoms with Gasteiger partial charge < -0.3 is 4.74 Å². The number of cyclic esters (lactones) is 1. The molecule has 0 N–H and O–H groups in total. The minimum absolute atomic E-state index is 0.0382. The van der Waals surface area contributed by atoms with Gasteiger partial charge in [0.1, 0.15) is 11.4 Å². The Morgan fingerprint density at radius 3 is 2.75 bits per heavy atom. The number of benzene rings is 1. The van der Waals surface area contributed by atoms with E-state index in [1.165, 1.54) is 17.3 Å². The summed E-state index contributed by atoms with van der Waals surface area (Å²) in [4.78, 5) is 11.7. The number of ether oxygens (including phenoxy) is 1. The van der Waals surface area contributed by atoms with E-state index in [0.29, 0.717) is 11.6 Å². The summed E-state index contributed by atoms with van der Waals surface area (Å²) < 4.78 is 6.79. The van der Waals surface area contributed by atoms with Crippen LogP contribution in [0.15, 0.2) is 29.4 Å². The van der Waals surface area contributed by atoms with E-state index in [-0.39, 0.29) is 17.3 Å². The number of hydrogen-bond donors (Lipinski definition) is 0. The predicted molar refractivity (Wildman–Crippen MR) is 73.7 cm³/mol. The van der Waals surface area contributed by atoms with Gasteiger partial charge in [-0.25, -0.2) is 0 Å². The second-order valence-corrected chi connectivity index (χ2v) is 5.97.